The first-order valence-electron chi connectivity index (χ1n) is 11.5. The van der Waals surface area contributed by atoms with Crippen LogP contribution in [0.25, 0.3) is 16.6 Å². The number of nitrogens with two attached hydrogens (primary N) is 2. The topological polar surface area (TPSA) is 143 Å². The summed E-state index contributed by atoms with van der Waals surface area (Å²) >= 11 is 6.31. The molecule has 4 heterocycles. The Labute approximate surface area is 206 Å². The third kappa shape index (κ3) is 3.34. The van der Waals surface area contributed by atoms with Crippen LogP contribution in [-0.4, -0.2) is 38.2 Å². The van der Waals surface area contributed by atoms with E-state index in [0.29, 0.717) is 33.8 Å². The zero-order chi connectivity index (χ0) is 24.3. The Morgan fingerprint density at radius 3 is 2.77 bits per heavy atom. The molecule has 4 aromatic rings. The van der Waals surface area contributed by atoms with E-state index in [1.54, 1.807) is 6.07 Å². The van der Waals surface area contributed by atoms with E-state index in [-0.39, 0.29) is 27.9 Å². The van der Waals surface area contributed by atoms with Crippen LogP contribution in [-0.2, 0) is 6.42 Å². The Balaban J connectivity index is 1.27. The highest BCUT2D eigenvalue weighted by molar-refractivity contribution is 6.34. The van der Waals surface area contributed by atoms with E-state index in [1.807, 2.05) is 0 Å². The molecule has 1 aliphatic carbocycles. The van der Waals surface area contributed by atoms with Gasteiger partial charge in [-0.1, -0.05) is 42.4 Å². The van der Waals surface area contributed by atoms with E-state index >= 15 is 0 Å². The molecule has 0 unspecified atom stereocenters. The van der Waals surface area contributed by atoms with Crippen LogP contribution in [0.2, 0.25) is 5.02 Å². The van der Waals surface area contributed by atoms with Gasteiger partial charge in [0, 0.05) is 36.5 Å². The number of aromatic nitrogens is 5. The Hall–Kier alpha value is -3.69. The highest BCUT2D eigenvalue weighted by Gasteiger charge is 2.46. The van der Waals surface area contributed by atoms with Crippen molar-refractivity contribution in [2.24, 2.45) is 11.1 Å². The Kier molecular flexibility index (Phi) is 4.94. The minimum atomic E-state index is -0.293. The average Bonchev–Trinajstić information content (AvgIpc) is 3.41. The van der Waals surface area contributed by atoms with Crippen molar-refractivity contribution in [3.05, 3.63) is 80.9 Å². The second kappa shape index (κ2) is 7.93. The molecule has 0 saturated carbocycles. The van der Waals surface area contributed by atoms with Crippen LogP contribution >= 0.6 is 11.6 Å². The SMILES string of the molecule is C=C(c1ccnc(N)c1Cl)c1n[nH]c2nc(N3CCC4(CC3)Cc3ccccc3[C@H]4N)[nH]c(=O)c12. The van der Waals surface area contributed by atoms with Crippen LogP contribution in [0.5, 0.6) is 0 Å². The van der Waals surface area contributed by atoms with E-state index in [9.17, 15) is 4.79 Å². The number of nitrogen functional groups attached to an aromatic ring is 1. The van der Waals surface area contributed by atoms with Crippen molar-refractivity contribution >= 4 is 40.0 Å². The zero-order valence-corrected chi connectivity index (χ0v) is 19.8. The molecule has 35 heavy (non-hydrogen) atoms. The fourth-order valence-corrected chi connectivity index (χ4v) is 5.81. The van der Waals surface area contributed by atoms with Crippen LogP contribution in [0.1, 0.15) is 41.3 Å². The number of nitrogens with one attached hydrogen (secondary N) is 2. The highest BCUT2D eigenvalue weighted by Crippen LogP contribution is 2.50. The number of nitrogens with zero attached hydrogens (tertiary/aromatic N) is 4. The number of benzene rings is 1. The van der Waals surface area contributed by atoms with Gasteiger partial charge in [-0.15, -0.1) is 0 Å². The molecule has 6 rings (SSSR count). The standard InChI is InChI=1S/C25H25ClN8O/c1-13(15-6-9-29-21(28)18(15)26)19-17-22(33-32-19)30-24(31-23(17)35)34-10-7-25(8-11-34)12-14-4-2-3-5-16(14)20(25)27/h2-6,9,20H,1,7-8,10-12,27H2,(H2,28,29)(H2,30,31,32,33,35)/t20-/m1/s1. The molecule has 1 spiro atoms. The van der Waals surface area contributed by atoms with Gasteiger partial charge in [0.05, 0.1) is 5.02 Å². The first-order valence-corrected chi connectivity index (χ1v) is 11.9. The molecule has 0 bridgehead atoms. The van der Waals surface area contributed by atoms with Gasteiger partial charge in [0.25, 0.3) is 5.56 Å². The van der Waals surface area contributed by atoms with E-state index in [1.165, 1.54) is 17.3 Å². The summed E-state index contributed by atoms with van der Waals surface area (Å²) in [6, 6.07) is 10.2. The van der Waals surface area contributed by atoms with Gasteiger partial charge >= 0.3 is 0 Å². The zero-order valence-electron chi connectivity index (χ0n) is 19.0. The van der Waals surface area contributed by atoms with Crippen molar-refractivity contribution in [3.8, 4) is 0 Å². The molecule has 6 N–H and O–H groups in total. The Morgan fingerprint density at radius 1 is 1.23 bits per heavy atom. The molecule has 1 atom stereocenters. The van der Waals surface area contributed by atoms with Gasteiger partial charge in [-0.3, -0.25) is 14.9 Å². The van der Waals surface area contributed by atoms with Crippen molar-refractivity contribution in [3.63, 3.8) is 0 Å². The number of piperidine rings is 1. The summed E-state index contributed by atoms with van der Waals surface area (Å²) in [7, 11) is 0. The van der Waals surface area contributed by atoms with Crippen molar-refractivity contribution in [2.75, 3.05) is 23.7 Å². The fraction of sp³-hybridized carbons (Fsp3) is 0.280. The highest BCUT2D eigenvalue weighted by atomic mass is 35.5. The number of fused-ring (bicyclic) bond motifs is 2. The molecule has 0 amide bonds. The molecule has 2 aliphatic rings. The molecular formula is C25H25ClN8O. The number of halogens is 1. The molecule has 178 valence electrons. The summed E-state index contributed by atoms with van der Waals surface area (Å²) in [5, 5.41) is 7.79. The number of pyridine rings is 1. The first-order chi connectivity index (χ1) is 16.9. The van der Waals surface area contributed by atoms with Gasteiger partial charge in [-0.2, -0.15) is 10.1 Å². The maximum Gasteiger partial charge on any atom is 0.264 e. The minimum Gasteiger partial charge on any atom is -0.382 e. The third-order valence-corrected chi connectivity index (χ3v) is 7.99. The molecule has 1 aromatic carbocycles. The maximum absolute atomic E-state index is 13.1. The smallest absolute Gasteiger partial charge is 0.264 e. The van der Waals surface area contributed by atoms with Crippen molar-refractivity contribution in [1.82, 2.24) is 25.1 Å². The van der Waals surface area contributed by atoms with E-state index in [0.717, 1.165) is 32.4 Å². The number of rotatable bonds is 3. The lowest BCUT2D eigenvalue weighted by Crippen LogP contribution is -2.45. The van der Waals surface area contributed by atoms with Gasteiger partial charge in [-0.05, 0) is 41.9 Å². The Bertz CT molecular complexity index is 1530. The molecule has 0 radical (unpaired) electrons. The summed E-state index contributed by atoms with van der Waals surface area (Å²) in [4.78, 5) is 26.9. The largest absolute Gasteiger partial charge is 0.382 e. The predicted octanol–water partition coefficient (Wildman–Crippen LogP) is 3.18. The lowest BCUT2D eigenvalue weighted by atomic mass is 9.73. The van der Waals surface area contributed by atoms with Crippen molar-refractivity contribution in [2.45, 2.75) is 25.3 Å². The predicted molar refractivity (Wildman–Crippen MR) is 137 cm³/mol. The quantitative estimate of drug-likeness (QED) is 0.347. The molecular weight excluding hydrogens is 464 g/mol. The number of hydrogen-bond acceptors (Lipinski definition) is 7. The number of anilines is 2. The maximum atomic E-state index is 13.1. The van der Waals surface area contributed by atoms with E-state index in [4.69, 9.17) is 23.1 Å². The number of H-pyrrole nitrogens is 2. The minimum absolute atomic E-state index is 0.0329. The van der Waals surface area contributed by atoms with Crippen molar-refractivity contribution in [1.29, 1.82) is 0 Å². The molecule has 1 saturated heterocycles. The van der Waals surface area contributed by atoms with Crippen LogP contribution in [0.15, 0.2) is 47.9 Å². The third-order valence-electron chi connectivity index (χ3n) is 7.60. The van der Waals surface area contributed by atoms with Gasteiger partial charge < -0.3 is 16.4 Å². The number of aromatic amines is 2. The second-order valence-corrected chi connectivity index (χ2v) is 9.80. The van der Waals surface area contributed by atoms with Gasteiger partial charge in [0.15, 0.2) is 5.65 Å². The van der Waals surface area contributed by atoms with Gasteiger partial charge in [0.1, 0.15) is 16.9 Å². The summed E-state index contributed by atoms with van der Waals surface area (Å²) in [6.45, 7) is 5.60. The van der Waals surface area contributed by atoms with Crippen LogP contribution in [0.4, 0.5) is 11.8 Å². The van der Waals surface area contributed by atoms with Crippen molar-refractivity contribution < 1.29 is 0 Å². The Morgan fingerprint density at radius 2 is 2.00 bits per heavy atom. The second-order valence-electron chi connectivity index (χ2n) is 9.42. The van der Waals surface area contributed by atoms with Gasteiger partial charge in [-0.25, -0.2) is 4.98 Å². The van der Waals surface area contributed by atoms with E-state index < -0.39 is 0 Å². The van der Waals surface area contributed by atoms with Gasteiger partial charge in [0.2, 0.25) is 5.95 Å². The lowest BCUT2D eigenvalue weighted by Gasteiger charge is -2.42. The molecule has 10 heteroatoms. The molecule has 9 nitrogen and oxygen atoms in total. The summed E-state index contributed by atoms with van der Waals surface area (Å²) in [5.74, 6) is 0.709. The molecule has 3 aromatic heterocycles. The monoisotopic (exact) mass is 488 g/mol. The number of hydrogen-bond donors (Lipinski definition) is 4. The van der Waals surface area contributed by atoms with E-state index in [2.05, 4.69) is 60.9 Å². The lowest BCUT2D eigenvalue weighted by molar-refractivity contribution is 0.187. The first kappa shape index (κ1) is 21.8. The fourth-order valence-electron chi connectivity index (χ4n) is 5.58. The van der Waals surface area contributed by atoms with Crippen LogP contribution < -0.4 is 21.9 Å². The van der Waals surface area contributed by atoms with Crippen LogP contribution in [0, 0.1) is 5.41 Å². The summed E-state index contributed by atoms with van der Waals surface area (Å²) in [6.07, 6.45) is 4.39. The average molecular weight is 489 g/mol. The summed E-state index contributed by atoms with van der Waals surface area (Å²) < 4.78 is 0. The normalized spacial score (nSPS) is 18.8. The van der Waals surface area contributed by atoms with Crippen LogP contribution in [0.3, 0.4) is 0 Å². The molecule has 1 aliphatic heterocycles. The molecule has 1 fully saturated rings. The summed E-state index contributed by atoms with van der Waals surface area (Å²) in [5.41, 5.74) is 16.7.